The molecule has 14 nitrogen and oxygen atoms in total. The topological polar surface area (TPSA) is 182 Å². The van der Waals surface area contributed by atoms with Crippen molar-refractivity contribution in [2.75, 3.05) is 13.2 Å². The molecular weight excluding hydrogens is 772 g/mol. The zero-order valence-corrected chi connectivity index (χ0v) is 33.4. The number of allylic oxidation sites excluding steroid dienone is 1. The molecule has 3 heterocycles. The normalized spacial score (nSPS) is 29.2. The van der Waals surface area contributed by atoms with E-state index in [2.05, 4.69) is 20.3 Å². The number of pyridine rings is 1. The Balaban J connectivity index is 1.35. The number of nitrogens with one attached hydrogen (secondary N) is 3. The fourth-order valence-corrected chi connectivity index (χ4v) is 8.97. The van der Waals surface area contributed by atoms with Gasteiger partial charge in [0.1, 0.15) is 29.5 Å². The third-order valence-corrected chi connectivity index (χ3v) is 13.0. The second-order valence-corrected chi connectivity index (χ2v) is 18.1. The van der Waals surface area contributed by atoms with Crippen LogP contribution in [0.3, 0.4) is 0 Å². The van der Waals surface area contributed by atoms with Gasteiger partial charge in [-0.3, -0.25) is 19.1 Å². The van der Waals surface area contributed by atoms with E-state index >= 15 is 0 Å². The number of fused-ring (bicyclic) bond motifs is 3. The lowest BCUT2D eigenvalue weighted by molar-refractivity contribution is -0.244. The fourth-order valence-electron chi connectivity index (χ4n) is 7.61. The molecule has 1 saturated heterocycles. The largest absolute Gasteiger partial charge is 0.492 e. The number of ether oxygens (including phenoxy) is 3. The molecule has 0 spiro atoms. The fraction of sp³-hybridized carbons (Fsp3) is 0.615. The Morgan fingerprint density at radius 2 is 1.77 bits per heavy atom. The van der Waals surface area contributed by atoms with Crippen LogP contribution in [0.2, 0.25) is 0 Å². The highest BCUT2D eigenvalue weighted by Crippen LogP contribution is 2.46. The molecule has 6 rings (SSSR count). The number of benzene rings is 1. The van der Waals surface area contributed by atoms with E-state index < -0.39 is 86.4 Å². The first-order chi connectivity index (χ1) is 26.8. The molecule has 2 aliphatic carbocycles. The molecule has 57 heavy (non-hydrogen) atoms. The molecule has 1 aromatic carbocycles. The molecule has 4 amide bonds. The third-order valence-electron chi connectivity index (χ3n) is 11.2. The minimum Gasteiger partial charge on any atom is -0.492 e. The number of alkyl halides is 3. The molecule has 2 aliphatic heterocycles. The van der Waals surface area contributed by atoms with E-state index in [1.54, 1.807) is 25.1 Å². The first-order valence-corrected chi connectivity index (χ1v) is 20.9. The maximum atomic E-state index is 14.7. The third kappa shape index (κ3) is 9.10. The van der Waals surface area contributed by atoms with Gasteiger partial charge in [0, 0.05) is 23.1 Å². The highest BCUT2D eigenvalue weighted by atomic mass is 32.2. The standard InChI is InChI=1S/C39H50F3N5O9S/c1-6-54-30-20-43-33(28-14-10-9-13-27(28)30)55-25-18-29-32(48)45-38(35(50)46-57(52,53)26-15-16-26)19-24(38)12-8-7-11-22(2)17-23(3)31(34(49)47(29)21-25)44-36(51)56-37(4,5)39(40,41)42/h8-10,12-14,20,22-26,29,31H,6-7,11,15-19,21H2,1-5H3,(H,44,51)(H,45,48)(H,46,50)/b12-8-/t22-,23-,24-,25-,29+,31+,38-/m1/s1. The summed E-state index contributed by atoms with van der Waals surface area (Å²) in [6.45, 7) is 7.03. The number of hydrogen-bond donors (Lipinski definition) is 3. The van der Waals surface area contributed by atoms with Gasteiger partial charge >= 0.3 is 12.3 Å². The van der Waals surface area contributed by atoms with Gasteiger partial charge < -0.3 is 29.7 Å². The molecule has 4 aliphatic rings. The van der Waals surface area contributed by atoms with E-state index in [1.807, 2.05) is 32.1 Å². The average molecular weight is 822 g/mol. The van der Waals surface area contributed by atoms with Crippen LogP contribution in [-0.2, 0) is 29.1 Å². The molecule has 3 N–H and O–H groups in total. The van der Waals surface area contributed by atoms with E-state index in [0.29, 0.717) is 69.1 Å². The van der Waals surface area contributed by atoms with Crippen LogP contribution in [0.4, 0.5) is 18.0 Å². The zero-order valence-electron chi connectivity index (χ0n) is 32.6. The van der Waals surface area contributed by atoms with Crippen molar-refractivity contribution in [2.45, 2.75) is 120 Å². The van der Waals surface area contributed by atoms with E-state index in [0.717, 1.165) is 0 Å². The molecule has 312 valence electrons. The van der Waals surface area contributed by atoms with E-state index in [-0.39, 0.29) is 31.2 Å². The van der Waals surface area contributed by atoms with Crippen LogP contribution in [0, 0.1) is 17.8 Å². The second-order valence-electron chi connectivity index (χ2n) is 16.2. The number of amides is 4. The molecule has 0 bridgehead atoms. The summed E-state index contributed by atoms with van der Waals surface area (Å²) in [5.41, 5.74) is -4.51. The smallest absolute Gasteiger partial charge is 0.427 e. The van der Waals surface area contributed by atoms with Crippen LogP contribution in [0.1, 0.15) is 79.6 Å². The van der Waals surface area contributed by atoms with Gasteiger partial charge in [0.2, 0.25) is 33.3 Å². The van der Waals surface area contributed by atoms with E-state index in [9.17, 15) is 40.8 Å². The highest BCUT2D eigenvalue weighted by molar-refractivity contribution is 7.91. The summed E-state index contributed by atoms with van der Waals surface area (Å²) in [5, 5.41) is 5.78. The number of sulfonamides is 1. The Kier molecular flexibility index (Phi) is 11.8. The zero-order chi connectivity index (χ0) is 41.5. The van der Waals surface area contributed by atoms with Crippen LogP contribution < -0.4 is 24.8 Å². The van der Waals surface area contributed by atoms with Gasteiger partial charge in [0.05, 0.1) is 24.6 Å². The number of aromatic nitrogens is 1. The predicted octanol–water partition coefficient (Wildman–Crippen LogP) is 4.91. The van der Waals surface area contributed by atoms with Crippen molar-refractivity contribution in [1.82, 2.24) is 25.2 Å². The summed E-state index contributed by atoms with van der Waals surface area (Å²) in [6, 6.07) is 4.47. The summed E-state index contributed by atoms with van der Waals surface area (Å²) in [4.78, 5) is 61.7. The quantitative estimate of drug-likeness (QED) is 0.294. The number of rotatable bonds is 9. The molecule has 2 aromatic rings. The summed E-state index contributed by atoms with van der Waals surface area (Å²) in [7, 11) is -3.98. The highest BCUT2D eigenvalue weighted by Gasteiger charge is 2.62. The monoisotopic (exact) mass is 821 g/mol. The molecule has 0 radical (unpaired) electrons. The minimum absolute atomic E-state index is 0.0327. The number of alkyl carbamates (subject to hydrolysis) is 1. The van der Waals surface area contributed by atoms with Gasteiger partial charge in [-0.15, -0.1) is 0 Å². The molecule has 7 atom stereocenters. The molecule has 1 aromatic heterocycles. The molecule has 3 fully saturated rings. The summed E-state index contributed by atoms with van der Waals surface area (Å²) in [6.07, 6.45) is 0.274. The van der Waals surface area contributed by atoms with E-state index in [1.165, 1.54) is 11.1 Å². The Morgan fingerprint density at radius 1 is 1.07 bits per heavy atom. The van der Waals surface area contributed by atoms with Gasteiger partial charge in [-0.1, -0.05) is 44.2 Å². The average Bonchev–Trinajstić information content (AvgIpc) is 4.06. The maximum absolute atomic E-state index is 14.7. The Hall–Kier alpha value is -4.61. The van der Waals surface area contributed by atoms with Crippen LogP contribution in [0.25, 0.3) is 10.8 Å². The van der Waals surface area contributed by atoms with E-state index in [4.69, 9.17) is 14.2 Å². The lowest BCUT2D eigenvalue weighted by Crippen LogP contribution is -2.59. The molecule has 18 heteroatoms. The first-order valence-electron chi connectivity index (χ1n) is 19.3. The maximum Gasteiger partial charge on any atom is 0.427 e. The number of halogens is 3. The van der Waals surface area contributed by atoms with Crippen molar-refractivity contribution in [2.24, 2.45) is 17.8 Å². The van der Waals surface area contributed by atoms with Gasteiger partial charge in [-0.2, -0.15) is 13.2 Å². The van der Waals surface area contributed by atoms with Gasteiger partial charge in [0.25, 0.3) is 5.91 Å². The van der Waals surface area contributed by atoms with Crippen LogP contribution in [0.15, 0.2) is 42.6 Å². The summed E-state index contributed by atoms with van der Waals surface area (Å²) >= 11 is 0. The van der Waals surface area contributed by atoms with Crippen molar-refractivity contribution >= 4 is 44.6 Å². The Labute approximate surface area is 329 Å². The van der Waals surface area contributed by atoms with Crippen LogP contribution >= 0.6 is 0 Å². The van der Waals surface area contributed by atoms with Crippen LogP contribution in [0.5, 0.6) is 11.6 Å². The lowest BCUT2D eigenvalue weighted by Gasteiger charge is -2.34. The second kappa shape index (κ2) is 16.0. The summed E-state index contributed by atoms with van der Waals surface area (Å²) < 4.78 is 86.0. The van der Waals surface area contributed by atoms with Crippen LogP contribution in [-0.4, -0.2) is 96.0 Å². The molecular formula is C39H50F3N5O9S. The molecule has 2 saturated carbocycles. The first kappa shape index (κ1) is 42.0. The number of carbonyl (C=O) groups is 4. The Morgan fingerprint density at radius 3 is 2.44 bits per heavy atom. The number of carbonyl (C=O) groups excluding carboxylic acids is 4. The number of nitrogens with zero attached hydrogens (tertiary/aromatic N) is 2. The SMILES string of the molecule is CCOc1cnc(O[C@@H]2C[C@H]3C(=O)N[C@]4(C(=O)NS(=O)(=O)C5CC5)C[C@H]4/C=C\CC[C@@H](C)C[C@@H](C)[C@H](NC(=O)OC(C)(C)C(F)(F)F)C(=O)N3C2)c2ccccc12. The predicted molar refractivity (Wildman–Crippen MR) is 201 cm³/mol. The van der Waals surface area contributed by atoms with Crippen molar-refractivity contribution in [3.05, 3.63) is 42.6 Å². The van der Waals surface area contributed by atoms with Crippen molar-refractivity contribution < 1.29 is 55.0 Å². The number of hydrogen-bond acceptors (Lipinski definition) is 10. The summed E-state index contributed by atoms with van der Waals surface area (Å²) in [5.74, 6) is -2.92. The van der Waals surface area contributed by atoms with Crippen molar-refractivity contribution in [3.8, 4) is 11.6 Å². The Bertz CT molecular complexity index is 2020. The van der Waals surface area contributed by atoms with Gasteiger partial charge in [-0.05, 0) is 77.2 Å². The minimum atomic E-state index is -4.91. The van der Waals surface area contributed by atoms with Gasteiger partial charge in [-0.25, -0.2) is 18.2 Å². The van der Waals surface area contributed by atoms with Gasteiger partial charge in [0.15, 0.2) is 0 Å². The van der Waals surface area contributed by atoms with Crippen molar-refractivity contribution in [1.29, 1.82) is 0 Å². The molecule has 0 unspecified atom stereocenters. The lowest BCUT2D eigenvalue weighted by atomic mass is 9.88. The van der Waals surface area contributed by atoms with Crippen molar-refractivity contribution in [3.63, 3.8) is 0 Å².